The van der Waals surface area contributed by atoms with Gasteiger partial charge in [-0.2, -0.15) is 5.10 Å². The average Bonchev–Trinajstić information content (AvgIpc) is 2.53. The Bertz CT molecular complexity index is 249. The highest BCUT2D eigenvalue weighted by Crippen LogP contribution is 2.11. The lowest BCUT2D eigenvalue weighted by atomic mass is 10.3. The van der Waals surface area contributed by atoms with Gasteiger partial charge in [-0.15, -0.1) is 11.8 Å². The third-order valence-electron chi connectivity index (χ3n) is 1.37. The van der Waals surface area contributed by atoms with Gasteiger partial charge < -0.3 is 4.74 Å². The monoisotopic (exact) mass is 186 g/mol. The maximum Gasteiger partial charge on any atom is 0.293 e. The summed E-state index contributed by atoms with van der Waals surface area (Å²) >= 11 is 1.58. The molecule has 1 aromatic heterocycles. The van der Waals surface area contributed by atoms with Crippen molar-refractivity contribution >= 4 is 18.2 Å². The van der Waals surface area contributed by atoms with Crippen LogP contribution in [0.4, 0.5) is 0 Å². The molecule has 1 aromatic rings. The topological polar surface area (TPSA) is 55.0 Å². The van der Waals surface area contributed by atoms with E-state index in [1.807, 2.05) is 12.3 Å². The number of aromatic amines is 1. The second-order valence-electron chi connectivity index (χ2n) is 2.15. The second-order valence-corrected chi connectivity index (χ2v) is 2.98. The molecule has 4 nitrogen and oxygen atoms in total. The number of hydrogen-bond acceptors (Lipinski definition) is 4. The maximum atomic E-state index is 9.80. The van der Waals surface area contributed by atoms with Crippen LogP contribution in [-0.2, 0) is 16.0 Å². The van der Waals surface area contributed by atoms with Crippen molar-refractivity contribution < 1.29 is 9.53 Å². The van der Waals surface area contributed by atoms with Gasteiger partial charge in [-0.05, 0) is 12.3 Å². The van der Waals surface area contributed by atoms with E-state index in [0.717, 1.165) is 10.7 Å². The van der Waals surface area contributed by atoms with Crippen LogP contribution in [-0.4, -0.2) is 29.5 Å². The number of thioether (sulfide) groups is 1. The third-order valence-corrected chi connectivity index (χ3v) is 2.00. The quantitative estimate of drug-likeness (QED) is 0.421. The van der Waals surface area contributed by atoms with E-state index >= 15 is 0 Å². The highest BCUT2D eigenvalue weighted by molar-refractivity contribution is 7.98. The van der Waals surface area contributed by atoms with E-state index < -0.39 is 0 Å². The second kappa shape index (κ2) is 4.82. The predicted octanol–water partition coefficient (Wildman–Crippen LogP) is 0.847. The first-order valence-corrected chi connectivity index (χ1v) is 4.73. The minimum Gasteiger partial charge on any atom is -0.467 e. The third kappa shape index (κ3) is 2.58. The largest absolute Gasteiger partial charge is 0.467 e. The molecule has 0 bridgehead atoms. The first kappa shape index (κ1) is 9.12. The van der Waals surface area contributed by atoms with Gasteiger partial charge in [-0.25, -0.2) is 0 Å². The van der Waals surface area contributed by atoms with Crippen LogP contribution in [0.2, 0.25) is 0 Å². The standard InChI is InChI=1S/C7H10N2O2S/c1-12-7-4-6(8-9-7)2-3-11-5-10/h4-5H,2-3H2,1H3,(H,8,9). The molecule has 0 saturated heterocycles. The van der Waals surface area contributed by atoms with Crippen LogP contribution in [0, 0.1) is 0 Å². The minimum absolute atomic E-state index is 0.402. The minimum atomic E-state index is 0.402. The summed E-state index contributed by atoms with van der Waals surface area (Å²) in [5.74, 6) is 0. The van der Waals surface area contributed by atoms with Gasteiger partial charge >= 0.3 is 0 Å². The lowest BCUT2D eigenvalue weighted by Crippen LogP contribution is -1.96. The zero-order chi connectivity index (χ0) is 8.81. The lowest BCUT2D eigenvalue weighted by molar-refractivity contribution is -0.128. The van der Waals surface area contributed by atoms with Crippen molar-refractivity contribution in [3.63, 3.8) is 0 Å². The molecule has 0 aliphatic heterocycles. The Kier molecular flexibility index (Phi) is 3.66. The molecule has 0 saturated carbocycles. The van der Waals surface area contributed by atoms with Gasteiger partial charge in [0.2, 0.25) is 0 Å². The molecule has 5 heteroatoms. The van der Waals surface area contributed by atoms with E-state index in [0.29, 0.717) is 19.5 Å². The molecule has 0 radical (unpaired) electrons. The lowest BCUT2D eigenvalue weighted by Gasteiger charge is -1.93. The number of rotatable bonds is 5. The van der Waals surface area contributed by atoms with Crippen LogP contribution in [0.5, 0.6) is 0 Å². The van der Waals surface area contributed by atoms with Crippen LogP contribution in [0.15, 0.2) is 11.1 Å². The first-order chi connectivity index (χ1) is 5.86. The Morgan fingerprint density at radius 1 is 1.83 bits per heavy atom. The van der Waals surface area contributed by atoms with Gasteiger partial charge in [-0.3, -0.25) is 9.89 Å². The SMILES string of the molecule is CSc1cc(CCOC=O)[nH]n1. The van der Waals surface area contributed by atoms with Gasteiger partial charge in [0.15, 0.2) is 0 Å². The fourth-order valence-corrected chi connectivity index (χ4v) is 1.19. The fraction of sp³-hybridized carbons (Fsp3) is 0.429. The molecule has 1 heterocycles. The number of aromatic nitrogens is 2. The summed E-state index contributed by atoms with van der Waals surface area (Å²) < 4.78 is 4.55. The van der Waals surface area contributed by atoms with Gasteiger partial charge in [-0.1, -0.05) is 0 Å². The van der Waals surface area contributed by atoms with Crippen molar-refractivity contribution in [3.8, 4) is 0 Å². The van der Waals surface area contributed by atoms with E-state index in [1.54, 1.807) is 11.8 Å². The van der Waals surface area contributed by atoms with Crippen molar-refractivity contribution in [2.75, 3.05) is 12.9 Å². The van der Waals surface area contributed by atoms with Crippen molar-refractivity contribution in [2.45, 2.75) is 11.4 Å². The molecule has 0 aliphatic carbocycles. The number of hydrogen-bond donors (Lipinski definition) is 1. The summed E-state index contributed by atoms with van der Waals surface area (Å²) in [7, 11) is 0. The van der Waals surface area contributed by atoms with E-state index in [-0.39, 0.29) is 0 Å². The Balaban J connectivity index is 2.36. The number of ether oxygens (including phenoxy) is 1. The summed E-state index contributed by atoms with van der Waals surface area (Å²) in [6.07, 6.45) is 2.65. The Morgan fingerprint density at radius 2 is 2.67 bits per heavy atom. The molecule has 0 aromatic carbocycles. The van der Waals surface area contributed by atoms with Crippen molar-refractivity contribution in [3.05, 3.63) is 11.8 Å². The number of carbonyl (C=O) groups excluding carboxylic acids is 1. The van der Waals surface area contributed by atoms with E-state index in [4.69, 9.17) is 0 Å². The summed E-state index contributed by atoms with van der Waals surface area (Å²) in [6.45, 7) is 0.853. The molecule has 0 atom stereocenters. The smallest absolute Gasteiger partial charge is 0.293 e. The Morgan fingerprint density at radius 3 is 3.25 bits per heavy atom. The number of nitrogens with one attached hydrogen (secondary N) is 1. The van der Waals surface area contributed by atoms with Gasteiger partial charge in [0.05, 0.1) is 6.61 Å². The van der Waals surface area contributed by atoms with Crippen LogP contribution in [0.3, 0.4) is 0 Å². The summed E-state index contributed by atoms with van der Waals surface area (Å²) in [4.78, 5) is 9.80. The van der Waals surface area contributed by atoms with Crippen LogP contribution in [0.1, 0.15) is 5.69 Å². The zero-order valence-corrected chi connectivity index (χ0v) is 7.56. The zero-order valence-electron chi connectivity index (χ0n) is 6.74. The van der Waals surface area contributed by atoms with E-state index in [9.17, 15) is 4.79 Å². The Labute approximate surface area is 74.7 Å². The summed E-state index contributed by atoms with van der Waals surface area (Å²) in [6, 6.07) is 1.94. The normalized spacial score (nSPS) is 9.75. The van der Waals surface area contributed by atoms with E-state index in [1.165, 1.54) is 0 Å². The highest BCUT2D eigenvalue weighted by Gasteiger charge is 1.98. The summed E-state index contributed by atoms with van der Waals surface area (Å²) in [5, 5.41) is 7.81. The molecule has 0 fully saturated rings. The molecule has 12 heavy (non-hydrogen) atoms. The molecule has 0 aliphatic rings. The van der Waals surface area contributed by atoms with Crippen LogP contribution >= 0.6 is 11.8 Å². The molecule has 1 N–H and O–H groups in total. The molecule has 1 rings (SSSR count). The predicted molar refractivity (Wildman–Crippen MR) is 46.1 cm³/mol. The average molecular weight is 186 g/mol. The molecular formula is C7H10N2O2S. The number of carbonyl (C=O) groups is 1. The molecule has 0 amide bonds. The molecule has 66 valence electrons. The van der Waals surface area contributed by atoms with E-state index in [2.05, 4.69) is 14.9 Å². The van der Waals surface area contributed by atoms with Gasteiger partial charge in [0.1, 0.15) is 5.03 Å². The first-order valence-electron chi connectivity index (χ1n) is 3.50. The fourth-order valence-electron chi connectivity index (χ4n) is 0.790. The molecular weight excluding hydrogens is 176 g/mol. The number of H-pyrrole nitrogens is 1. The highest BCUT2D eigenvalue weighted by atomic mass is 32.2. The van der Waals surface area contributed by atoms with Crippen LogP contribution in [0.25, 0.3) is 0 Å². The van der Waals surface area contributed by atoms with Gasteiger partial charge in [0, 0.05) is 12.1 Å². The summed E-state index contributed by atoms with van der Waals surface area (Å²) in [5.41, 5.74) is 0.987. The van der Waals surface area contributed by atoms with Crippen molar-refractivity contribution in [1.82, 2.24) is 10.2 Å². The number of nitrogens with zero attached hydrogens (tertiary/aromatic N) is 1. The van der Waals surface area contributed by atoms with Gasteiger partial charge in [0.25, 0.3) is 6.47 Å². The molecule has 0 spiro atoms. The maximum absolute atomic E-state index is 9.80. The van der Waals surface area contributed by atoms with Crippen molar-refractivity contribution in [1.29, 1.82) is 0 Å². The molecule has 0 unspecified atom stereocenters. The Hall–Kier alpha value is -0.970. The van der Waals surface area contributed by atoms with Crippen LogP contribution < -0.4 is 0 Å². The van der Waals surface area contributed by atoms with Crippen molar-refractivity contribution in [2.24, 2.45) is 0 Å².